The molecule has 6 nitrogen and oxygen atoms in total. The number of benzene rings is 1. The van der Waals surface area contributed by atoms with Crippen LogP contribution < -0.4 is 14.8 Å². The normalized spacial score (nSPS) is 15.9. The average Bonchev–Trinajstić information content (AvgIpc) is 2.65. The lowest BCUT2D eigenvalue weighted by Gasteiger charge is -2.35. The molecule has 1 aliphatic rings. The highest BCUT2D eigenvalue weighted by atomic mass is 16.5. The Hall–Kier alpha value is -2.24. The molecule has 25 heavy (non-hydrogen) atoms. The van der Waals surface area contributed by atoms with Crippen LogP contribution in [0.1, 0.15) is 44.9 Å². The van der Waals surface area contributed by atoms with Gasteiger partial charge in [0.15, 0.2) is 0 Å². The molecule has 1 aromatic carbocycles. The van der Waals surface area contributed by atoms with E-state index in [-0.39, 0.29) is 11.9 Å². The zero-order valence-corrected chi connectivity index (χ0v) is 15.0. The Kier molecular flexibility index (Phi) is 7.10. The van der Waals surface area contributed by atoms with Crippen molar-refractivity contribution in [2.75, 3.05) is 20.8 Å². The molecular weight excluding hydrogens is 322 g/mol. The molecule has 0 radical (unpaired) electrons. The molecule has 0 aromatic heterocycles. The highest BCUT2D eigenvalue weighted by molar-refractivity contribution is 5.88. The van der Waals surface area contributed by atoms with Crippen LogP contribution in [0.4, 0.5) is 0 Å². The number of nitrogens with one attached hydrogen (secondary N) is 1. The van der Waals surface area contributed by atoms with E-state index in [2.05, 4.69) is 5.32 Å². The standard InChI is InChI=1S/C19H27NO5/c1-23-15-8-10-16(11-9-15)25-14-6-7-17(21)20-19(18(22)24-2)12-4-3-5-13-19/h8-11H,3-7,12-14H2,1-2H3,(H,20,21). The molecule has 0 atom stereocenters. The first kappa shape index (κ1) is 19.1. The van der Waals surface area contributed by atoms with Crippen molar-refractivity contribution in [1.29, 1.82) is 0 Å². The summed E-state index contributed by atoms with van der Waals surface area (Å²) in [7, 11) is 2.98. The third kappa shape index (κ3) is 5.37. The van der Waals surface area contributed by atoms with E-state index >= 15 is 0 Å². The Morgan fingerprint density at radius 3 is 2.28 bits per heavy atom. The van der Waals surface area contributed by atoms with Gasteiger partial charge >= 0.3 is 5.97 Å². The summed E-state index contributed by atoms with van der Waals surface area (Å²) in [6.07, 6.45) is 5.13. The van der Waals surface area contributed by atoms with Crippen LogP contribution >= 0.6 is 0 Å². The first-order chi connectivity index (χ1) is 12.1. The second-order valence-corrected chi connectivity index (χ2v) is 6.31. The van der Waals surface area contributed by atoms with Gasteiger partial charge in [-0.05, 0) is 43.5 Å². The maximum Gasteiger partial charge on any atom is 0.331 e. The lowest BCUT2D eigenvalue weighted by atomic mass is 9.81. The van der Waals surface area contributed by atoms with E-state index in [1.807, 2.05) is 24.3 Å². The highest BCUT2D eigenvalue weighted by Crippen LogP contribution is 2.29. The van der Waals surface area contributed by atoms with Crippen molar-refractivity contribution in [1.82, 2.24) is 5.32 Å². The van der Waals surface area contributed by atoms with E-state index in [4.69, 9.17) is 14.2 Å². The number of esters is 1. The van der Waals surface area contributed by atoms with E-state index < -0.39 is 5.54 Å². The van der Waals surface area contributed by atoms with Crippen LogP contribution in [0, 0.1) is 0 Å². The average molecular weight is 349 g/mol. The van der Waals surface area contributed by atoms with Gasteiger partial charge in [0.2, 0.25) is 5.91 Å². The molecule has 0 heterocycles. The molecule has 6 heteroatoms. The van der Waals surface area contributed by atoms with E-state index in [9.17, 15) is 9.59 Å². The molecule has 1 fully saturated rings. The molecular formula is C19H27NO5. The van der Waals surface area contributed by atoms with E-state index in [0.717, 1.165) is 30.8 Å². The third-order valence-electron chi connectivity index (χ3n) is 4.54. The Morgan fingerprint density at radius 2 is 1.68 bits per heavy atom. The number of hydrogen-bond acceptors (Lipinski definition) is 5. The fourth-order valence-electron chi connectivity index (χ4n) is 3.15. The van der Waals surface area contributed by atoms with Gasteiger partial charge < -0.3 is 19.5 Å². The predicted octanol–water partition coefficient (Wildman–Crippen LogP) is 2.85. The van der Waals surface area contributed by atoms with Gasteiger partial charge in [0.25, 0.3) is 0 Å². The largest absolute Gasteiger partial charge is 0.497 e. The molecule has 0 spiro atoms. The van der Waals surface area contributed by atoms with Gasteiger partial charge in [-0.1, -0.05) is 19.3 Å². The number of ether oxygens (including phenoxy) is 3. The summed E-state index contributed by atoms with van der Waals surface area (Å²) in [6.45, 7) is 0.435. The predicted molar refractivity (Wildman–Crippen MR) is 93.7 cm³/mol. The first-order valence-electron chi connectivity index (χ1n) is 8.76. The van der Waals surface area contributed by atoms with Gasteiger partial charge in [-0.2, -0.15) is 0 Å². The van der Waals surface area contributed by atoms with Crippen LogP contribution in [0.15, 0.2) is 24.3 Å². The van der Waals surface area contributed by atoms with Crippen molar-refractivity contribution < 1.29 is 23.8 Å². The summed E-state index contributed by atoms with van der Waals surface area (Å²) < 4.78 is 15.6. The van der Waals surface area contributed by atoms with Gasteiger partial charge in [0, 0.05) is 6.42 Å². The molecule has 1 N–H and O–H groups in total. The van der Waals surface area contributed by atoms with Gasteiger partial charge in [-0.25, -0.2) is 4.79 Å². The minimum absolute atomic E-state index is 0.134. The first-order valence-corrected chi connectivity index (χ1v) is 8.76. The lowest BCUT2D eigenvalue weighted by molar-refractivity contribution is -0.152. The molecule has 138 valence electrons. The van der Waals surface area contributed by atoms with Gasteiger partial charge in [0.05, 0.1) is 20.8 Å². The van der Waals surface area contributed by atoms with Crippen LogP contribution in [0.3, 0.4) is 0 Å². The smallest absolute Gasteiger partial charge is 0.331 e. The highest BCUT2D eigenvalue weighted by Gasteiger charge is 2.41. The summed E-state index contributed by atoms with van der Waals surface area (Å²) in [5, 5.41) is 2.91. The Labute approximate surface area is 148 Å². The Bertz CT molecular complexity index is 564. The quantitative estimate of drug-likeness (QED) is 0.577. The van der Waals surface area contributed by atoms with E-state index in [1.165, 1.54) is 7.11 Å². The molecule has 1 amide bonds. The van der Waals surface area contributed by atoms with Crippen molar-refractivity contribution in [3.8, 4) is 11.5 Å². The number of hydrogen-bond donors (Lipinski definition) is 1. The lowest BCUT2D eigenvalue weighted by Crippen LogP contribution is -2.56. The number of methoxy groups -OCH3 is 2. The SMILES string of the molecule is COC(=O)C1(NC(=O)CCCOc2ccc(OC)cc2)CCCCC1. The van der Waals surface area contributed by atoms with Crippen molar-refractivity contribution in [3.05, 3.63) is 24.3 Å². The summed E-state index contributed by atoms with van der Waals surface area (Å²) >= 11 is 0. The van der Waals surface area contributed by atoms with E-state index in [0.29, 0.717) is 32.3 Å². The van der Waals surface area contributed by atoms with Crippen LogP contribution in [-0.4, -0.2) is 38.2 Å². The fraction of sp³-hybridized carbons (Fsp3) is 0.579. The summed E-state index contributed by atoms with van der Waals surface area (Å²) in [4.78, 5) is 24.4. The van der Waals surface area contributed by atoms with Crippen molar-refractivity contribution >= 4 is 11.9 Å². The molecule has 0 saturated heterocycles. The van der Waals surface area contributed by atoms with Gasteiger partial charge in [0.1, 0.15) is 17.0 Å². The Morgan fingerprint density at radius 1 is 1.04 bits per heavy atom. The van der Waals surface area contributed by atoms with Crippen LogP contribution in [0.2, 0.25) is 0 Å². The van der Waals surface area contributed by atoms with Gasteiger partial charge in [-0.3, -0.25) is 4.79 Å². The Balaban J connectivity index is 1.76. The van der Waals surface area contributed by atoms with Crippen LogP contribution in [-0.2, 0) is 14.3 Å². The number of carbonyl (C=O) groups is 2. The second-order valence-electron chi connectivity index (χ2n) is 6.31. The molecule has 0 aliphatic heterocycles. The van der Waals surface area contributed by atoms with Crippen molar-refractivity contribution in [2.24, 2.45) is 0 Å². The summed E-state index contributed by atoms with van der Waals surface area (Å²) in [6, 6.07) is 7.30. The van der Waals surface area contributed by atoms with Crippen LogP contribution in [0.5, 0.6) is 11.5 Å². The molecule has 0 bridgehead atoms. The maximum absolute atomic E-state index is 12.2. The third-order valence-corrected chi connectivity index (χ3v) is 4.54. The zero-order chi connectivity index (χ0) is 18.1. The molecule has 1 aliphatic carbocycles. The van der Waals surface area contributed by atoms with Gasteiger partial charge in [-0.15, -0.1) is 0 Å². The molecule has 2 rings (SSSR count). The monoisotopic (exact) mass is 349 g/mol. The van der Waals surface area contributed by atoms with Crippen molar-refractivity contribution in [3.63, 3.8) is 0 Å². The van der Waals surface area contributed by atoms with Crippen LogP contribution in [0.25, 0.3) is 0 Å². The van der Waals surface area contributed by atoms with E-state index in [1.54, 1.807) is 7.11 Å². The molecule has 1 saturated carbocycles. The maximum atomic E-state index is 12.2. The minimum atomic E-state index is -0.846. The summed E-state index contributed by atoms with van der Waals surface area (Å²) in [5.41, 5.74) is -0.846. The minimum Gasteiger partial charge on any atom is -0.497 e. The zero-order valence-electron chi connectivity index (χ0n) is 15.0. The number of rotatable bonds is 8. The second kappa shape index (κ2) is 9.30. The molecule has 0 unspecified atom stereocenters. The van der Waals surface area contributed by atoms with Crippen molar-refractivity contribution in [2.45, 2.75) is 50.5 Å². The topological polar surface area (TPSA) is 73.9 Å². The summed E-state index contributed by atoms with van der Waals surface area (Å²) in [5.74, 6) is 1.03. The number of amides is 1. The number of carbonyl (C=O) groups excluding carboxylic acids is 2. The molecule has 1 aromatic rings. The fourth-order valence-corrected chi connectivity index (χ4v) is 3.15.